The fourth-order valence-electron chi connectivity index (χ4n) is 2.47. The van der Waals surface area contributed by atoms with Crippen molar-refractivity contribution in [3.63, 3.8) is 0 Å². The minimum atomic E-state index is -0.757. The summed E-state index contributed by atoms with van der Waals surface area (Å²) in [5, 5.41) is 15.1. The average Bonchev–Trinajstić information content (AvgIpc) is 2.84. The number of rotatable bonds is 8. The smallest absolute Gasteiger partial charge is 0.315 e. The first-order chi connectivity index (χ1) is 9.51. The SMILES string of the molecule is CSC1CCC(NC(=O)NCCC(C)CCC(=O)O)C1. The Morgan fingerprint density at radius 2 is 2.10 bits per heavy atom. The molecule has 0 spiro atoms. The number of carbonyl (C=O) groups excluding carboxylic acids is 1. The number of amides is 2. The van der Waals surface area contributed by atoms with Crippen molar-refractivity contribution in [2.75, 3.05) is 12.8 Å². The van der Waals surface area contributed by atoms with Crippen LogP contribution in [0.4, 0.5) is 4.79 Å². The van der Waals surface area contributed by atoms with Gasteiger partial charge in [-0.2, -0.15) is 11.8 Å². The van der Waals surface area contributed by atoms with E-state index in [1.807, 2.05) is 18.7 Å². The topological polar surface area (TPSA) is 78.4 Å². The summed E-state index contributed by atoms with van der Waals surface area (Å²) < 4.78 is 0. The Morgan fingerprint density at radius 3 is 2.70 bits per heavy atom. The quantitative estimate of drug-likeness (QED) is 0.643. The van der Waals surface area contributed by atoms with Crippen molar-refractivity contribution in [3.05, 3.63) is 0 Å². The first kappa shape index (κ1) is 17.1. The van der Waals surface area contributed by atoms with E-state index in [9.17, 15) is 9.59 Å². The first-order valence-corrected chi connectivity index (χ1v) is 8.59. The molecule has 1 aliphatic carbocycles. The maximum atomic E-state index is 11.7. The van der Waals surface area contributed by atoms with Gasteiger partial charge in [0, 0.05) is 24.3 Å². The monoisotopic (exact) mass is 302 g/mol. The number of urea groups is 1. The summed E-state index contributed by atoms with van der Waals surface area (Å²) in [5.74, 6) is -0.439. The summed E-state index contributed by atoms with van der Waals surface area (Å²) in [7, 11) is 0. The van der Waals surface area contributed by atoms with Gasteiger partial charge in [0.2, 0.25) is 0 Å². The molecule has 0 aliphatic heterocycles. The molecule has 0 aromatic heterocycles. The van der Waals surface area contributed by atoms with Gasteiger partial charge in [-0.25, -0.2) is 4.79 Å². The van der Waals surface area contributed by atoms with E-state index in [1.165, 1.54) is 6.42 Å². The van der Waals surface area contributed by atoms with Crippen molar-refractivity contribution in [2.45, 2.75) is 56.7 Å². The number of carboxylic acid groups (broad SMARTS) is 1. The van der Waals surface area contributed by atoms with Crippen molar-refractivity contribution in [1.82, 2.24) is 10.6 Å². The summed E-state index contributed by atoms with van der Waals surface area (Å²) in [4.78, 5) is 22.2. The zero-order valence-electron chi connectivity index (χ0n) is 12.4. The Balaban J connectivity index is 2.07. The number of aliphatic carboxylic acids is 1. The van der Waals surface area contributed by atoms with Crippen molar-refractivity contribution in [1.29, 1.82) is 0 Å². The Kier molecular flexibility index (Phi) is 7.80. The summed E-state index contributed by atoms with van der Waals surface area (Å²) in [6.45, 7) is 2.62. The van der Waals surface area contributed by atoms with E-state index in [1.54, 1.807) is 0 Å². The Bertz CT molecular complexity index is 326. The van der Waals surface area contributed by atoms with Crippen molar-refractivity contribution >= 4 is 23.8 Å². The molecule has 0 bridgehead atoms. The highest BCUT2D eigenvalue weighted by molar-refractivity contribution is 7.99. The van der Waals surface area contributed by atoms with Crippen LogP contribution in [0.25, 0.3) is 0 Å². The average molecular weight is 302 g/mol. The summed E-state index contributed by atoms with van der Waals surface area (Å²) in [5.41, 5.74) is 0. The lowest BCUT2D eigenvalue weighted by molar-refractivity contribution is -0.137. The number of carboxylic acids is 1. The summed E-state index contributed by atoms with van der Waals surface area (Å²) in [6, 6.07) is 0.207. The van der Waals surface area contributed by atoms with Crippen LogP contribution in [0.15, 0.2) is 0 Å². The molecule has 1 fully saturated rings. The van der Waals surface area contributed by atoms with Crippen LogP contribution in [0.3, 0.4) is 0 Å². The van der Waals surface area contributed by atoms with E-state index in [2.05, 4.69) is 16.9 Å². The van der Waals surface area contributed by atoms with Crippen LogP contribution < -0.4 is 10.6 Å². The highest BCUT2D eigenvalue weighted by Crippen LogP contribution is 2.27. The second-order valence-electron chi connectivity index (χ2n) is 5.59. The van der Waals surface area contributed by atoms with Crippen LogP contribution in [0.5, 0.6) is 0 Å². The molecule has 3 unspecified atom stereocenters. The molecular formula is C14H26N2O3S. The molecule has 6 heteroatoms. The van der Waals surface area contributed by atoms with Gasteiger partial charge in [0.05, 0.1) is 0 Å². The third-order valence-electron chi connectivity index (χ3n) is 3.83. The van der Waals surface area contributed by atoms with Gasteiger partial charge in [0.25, 0.3) is 0 Å². The lowest BCUT2D eigenvalue weighted by Gasteiger charge is -2.15. The number of hydrogen-bond acceptors (Lipinski definition) is 3. The maximum absolute atomic E-state index is 11.7. The molecule has 1 aliphatic rings. The lowest BCUT2D eigenvalue weighted by Crippen LogP contribution is -2.41. The van der Waals surface area contributed by atoms with Crippen molar-refractivity contribution in [3.8, 4) is 0 Å². The fourth-order valence-corrected chi connectivity index (χ4v) is 3.26. The number of thioether (sulfide) groups is 1. The van der Waals surface area contributed by atoms with Crippen LogP contribution in [-0.4, -0.2) is 41.2 Å². The van der Waals surface area contributed by atoms with Gasteiger partial charge in [-0.05, 0) is 44.3 Å². The molecular weight excluding hydrogens is 276 g/mol. The minimum absolute atomic E-state index is 0.0952. The van der Waals surface area contributed by atoms with Crippen LogP contribution in [0, 0.1) is 5.92 Å². The van der Waals surface area contributed by atoms with Crippen LogP contribution in [-0.2, 0) is 4.79 Å². The normalized spacial score (nSPS) is 23.3. The first-order valence-electron chi connectivity index (χ1n) is 7.30. The number of carbonyl (C=O) groups is 2. The summed E-state index contributed by atoms with van der Waals surface area (Å²) in [6.07, 6.45) is 7.10. The zero-order valence-corrected chi connectivity index (χ0v) is 13.2. The zero-order chi connectivity index (χ0) is 15.0. The van der Waals surface area contributed by atoms with Crippen molar-refractivity contribution in [2.24, 2.45) is 5.92 Å². The molecule has 0 aromatic rings. The fraction of sp³-hybridized carbons (Fsp3) is 0.857. The van der Waals surface area contributed by atoms with Crippen molar-refractivity contribution < 1.29 is 14.7 Å². The van der Waals surface area contributed by atoms with Crippen LogP contribution in [0.1, 0.15) is 45.4 Å². The molecule has 3 atom stereocenters. The van der Waals surface area contributed by atoms with Gasteiger partial charge in [-0.15, -0.1) is 0 Å². The molecule has 1 rings (SSSR count). The second-order valence-corrected chi connectivity index (χ2v) is 6.73. The van der Waals surface area contributed by atoms with Gasteiger partial charge in [-0.3, -0.25) is 4.79 Å². The third-order valence-corrected chi connectivity index (χ3v) is 4.92. The highest BCUT2D eigenvalue weighted by Gasteiger charge is 2.24. The summed E-state index contributed by atoms with van der Waals surface area (Å²) >= 11 is 1.87. The molecule has 0 aromatic carbocycles. The van der Waals surface area contributed by atoms with Gasteiger partial charge >= 0.3 is 12.0 Å². The molecule has 0 heterocycles. The van der Waals surface area contributed by atoms with Gasteiger partial charge < -0.3 is 15.7 Å². The molecule has 1 saturated carbocycles. The van der Waals surface area contributed by atoms with E-state index in [4.69, 9.17) is 5.11 Å². The Morgan fingerprint density at radius 1 is 1.35 bits per heavy atom. The van der Waals surface area contributed by atoms with E-state index in [0.29, 0.717) is 30.2 Å². The van der Waals surface area contributed by atoms with E-state index < -0.39 is 5.97 Å². The predicted molar refractivity (Wildman–Crippen MR) is 82.1 cm³/mol. The number of hydrogen-bond donors (Lipinski definition) is 3. The minimum Gasteiger partial charge on any atom is -0.481 e. The third kappa shape index (κ3) is 7.03. The Labute approximate surface area is 125 Å². The lowest BCUT2D eigenvalue weighted by atomic mass is 10.0. The predicted octanol–water partition coefficient (Wildman–Crippen LogP) is 2.46. The molecule has 116 valence electrons. The molecule has 20 heavy (non-hydrogen) atoms. The van der Waals surface area contributed by atoms with Crippen LogP contribution >= 0.6 is 11.8 Å². The molecule has 2 amide bonds. The molecule has 5 nitrogen and oxygen atoms in total. The van der Waals surface area contributed by atoms with E-state index in [0.717, 1.165) is 19.3 Å². The van der Waals surface area contributed by atoms with Gasteiger partial charge in [0.1, 0.15) is 0 Å². The molecule has 0 radical (unpaired) electrons. The maximum Gasteiger partial charge on any atom is 0.315 e. The number of nitrogens with one attached hydrogen (secondary N) is 2. The van der Waals surface area contributed by atoms with Gasteiger partial charge in [-0.1, -0.05) is 6.92 Å². The highest BCUT2D eigenvalue weighted by atomic mass is 32.2. The molecule has 3 N–H and O–H groups in total. The Hall–Kier alpha value is -0.910. The van der Waals surface area contributed by atoms with E-state index >= 15 is 0 Å². The van der Waals surface area contributed by atoms with Gasteiger partial charge in [0.15, 0.2) is 0 Å². The molecule has 0 saturated heterocycles. The van der Waals surface area contributed by atoms with E-state index in [-0.39, 0.29) is 12.5 Å². The standard InChI is InChI=1S/C14H26N2O3S/c1-10(3-6-13(17)18)7-8-15-14(19)16-11-4-5-12(9-11)20-2/h10-12H,3-9H2,1-2H3,(H,17,18)(H2,15,16,19). The largest absolute Gasteiger partial charge is 0.481 e. The van der Waals surface area contributed by atoms with Crippen LogP contribution in [0.2, 0.25) is 0 Å². The second kappa shape index (κ2) is 9.10.